The highest BCUT2D eigenvalue weighted by Gasteiger charge is 2.23. The van der Waals surface area contributed by atoms with Gasteiger partial charge in [0.15, 0.2) is 0 Å². The van der Waals surface area contributed by atoms with Crippen LogP contribution in [0.3, 0.4) is 0 Å². The smallest absolute Gasteiger partial charge is 0.409 e. The van der Waals surface area contributed by atoms with Crippen molar-refractivity contribution in [3.05, 3.63) is 17.6 Å². The van der Waals surface area contributed by atoms with E-state index in [2.05, 4.69) is 29.1 Å². The molecule has 0 unspecified atom stereocenters. The number of aryl methyl sites for hydroxylation is 1. The molecule has 0 bridgehead atoms. The zero-order valence-electron chi connectivity index (χ0n) is 13.2. The van der Waals surface area contributed by atoms with Crippen molar-refractivity contribution < 1.29 is 9.53 Å². The maximum absolute atomic E-state index is 11.5. The maximum atomic E-state index is 11.5. The molecule has 0 aliphatic carbocycles. The summed E-state index contributed by atoms with van der Waals surface area (Å²) >= 11 is 0. The minimum atomic E-state index is -0.242. The molecule has 0 spiro atoms. The molecular formula is C15H24N4O2. The maximum Gasteiger partial charge on any atom is 0.409 e. The minimum absolute atomic E-state index is 0.242. The fourth-order valence-corrected chi connectivity index (χ4v) is 2.47. The number of amides is 1. The van der Waals surface area contributed by atoms with E-state index in [0.717, 1.165) is 30.2 Å². The number of methoxy groups -OCH3 is 1. The van der Waals surface area contributed by atoms with Crippen LogP contribution in [0.5, 0.6) is 0 Å². The van der Waals surface area contributed by atoms with Gasteiger partial charge in [-0.25, -0.2) is 14.8 Å². The standard InChI is InChI=1S/C15H24N4O2/c1-10(2)14-16-11(3)9-13(18-14)17-12-5-7-19(8-6-12)15(20)21-4/h9-10,12H,5-8H2,1-4H3,(H,16,17,18). The highest BCUT2D eigenvalue weighted by Crippen LogP contribution is 2.18. The lowest BCUT2D eigenvalue weighted by Crippen LogP contribution is -2.42. The van der Waals surface area contributed by atoms with Crippen LogP contribution >= 0.6 is 0 Å². The summed E-state index contributed by atoms with van der Waals surface area (Å²) in [6, 6.07) is 2.30. The van der Waals surface area contributed by atoms with Gasteiger partial charge < -0.3 is 15.0 Å². The van der Waals surface area contributed by atoms with Crippen LogP contribution in [0.4, 0.5) is 10.6 Å². The van der Waals surface area contributed by atoms with E-state index in [4.69, 9.17) is 4.74 Å². The average Bonchev–Trinajstić information content (AvgIpc) is 2.46. The normalized spacial score (nSPS) is 16.1. The van der Waals surface area contributed by atoms with E-state index in [0.29, 0.717) is 25.0 Å². The van der Waals surface area contributed by atoms with E-state index in [9.17, 15) is 4.79 Å². The van der Waals surface area contributed by atoms with Gasteiger partial charge in [-0.15, -0.1) is 0 Å². The average molecular weight is 292 g/mol. The number of hydrogen-bond acceptors (Lipinski definition) is 5. The molecule has 2 rings (SSSR count). The summed E-state index contributed by atoms with van der Waals surface area (Å²) in [6.45, 7) is 7.59. The molecular weight excluding hydrogens is 268 g/mol. The van der Waals surface area contributed by atoms with Crippen molar-refractivity contribution in [1.82, 2.24) is 14.9 Å². The van der Waals surface area contributed by atoms with Crippen molar-refractivity contribution in [3.8, 4) is 0 Å². The third-order valence-corrected chi connectivity index (χ3v) is 3.67. The first-order chi connectivity index (χ1) is 9.99. The van der Waals surface area contributed by atoms with E-state index in [-0.39, 0.29) is 6.09 Å². The summed E-state index contributed by atoms with van der Waals surface area (Å²) in [6.07, 6.45) is 1.55. The van der Waals surface area contributed by atoms with Gasteiger partial charge >= 0.3 is 6.09 Å². The van der Waals surface area contributed by atoms with Gasteiger partial charge in [0.1, 0.15) is 11.6 Å². The Balaban J connectivity index is 1.96. The van der Waals surface area contributed by atoms with Crippen molar-refractivity contribution in [3.63, 3.8) is 0 Å². The van der Waals surface area contributed by atoms with E-state index >= 15 is 0 Å². The lowest BCUT2D eigenvalue weighted by molar-refractivity contribution is 0.113. The highest BCUT2D eigenvalue weighted by atomic mass is 16.5. The van der Waals surface area contributed by atoms with Crippen LogP contribution in [-0.4, -0.2) is 47.2 Å². The van der Waals surface area contributed by atoms with Crippen LogP contribution in [0.2, 0.25) is 0 Å². The molecule has 0 aromatic carbocycles. The largest absolute Gasteiger partial charge is 0.453 e. The van der Waals surface area contributed by atoms with E-state index in [1.807, 2.05) is 13.0 Å². The number of rotatable bonds is 3. The lowest BCUT2D eigenvalue weighted by atomic mass is 10.1. The Morgan fingerprint density at radius 3 is 2.62 bits per heavy atom. The van der Waals surface area contributed by atoms with Gasteiger partial charge in [-0.3, -0.25) is 0 Å². The quantitative estimate of drug-likeness (QED) is 0.927. The Morgan fingerprint density at radius 1 is 1.38 bits per heavy atom. The Hall–Kier alpha value is -1.85. The molecule has 1 amide bonds. The van der Waals surface area contributed by atoms with Gasteiger partial charge in [0.2, 0.25) is 0 Å². The molecule has 1 saturated heterocycles. The molecule has 1 aliphatic heterocycles. The van der Waals surface area contributed by atoms with E-state index in [1.165, 1.54) is 7.11 Å². The second-order valence-electron chi connectivity index (χ2n) is 5.78. The van der Waals surface area contributed by atoms with Crippen LogP contribution < -0.4 is 5.32 Å². The van der Waals surface area contributed by atoms with E-state index in [1.54, 1.807) is 4.90 Å². The van der Waals surface area contributed by atoms with Crippen molar-refractivity contribution in [2.75, 3.05) is 25.5 Å². The Bertz CT molecular complexity index is 496. The lowest BCUT2D eigenvalue weighted by Gasteiger charge is -2.31. The number of piperidine rings is 1. The van der Waals surface area contributed by atoms with Gasteiger partial charge in [-0.2, -0.15) is 0 Å². The Morgan fingerprint density at radius 2 is 2.05 bits per heavy atom. The molecule has 1 N–H and O–H groups in total. The van der Waals surface area contributed by atoms with Crippen molar-refractivity contribution in [2.24, 2.45) is 0 Å². The number of likely N-dealkylation sites (tertiary alicyclic amines) is 1. The molecule has 21 heavy (non-hydrogen) atoms. The summed E-state index contributed by atoms with van der Waals surface area (Å²) in [5.41, 5.74) is 0.975. The molecule has 0 radical (unpaired) electrons. The highest BCUT2D eigenvalue weighted by molar-refractivity contribution is 5.67. The Labute approximate surface area is 125 Å². The fraction of sp³-hybridized carbons (Fsp3) is 0.667. The summed E-state index contributed by atoms with van der Waals surface area (Å²) in [7, 11) is 1.42. The number of carbonyl (C=O) groups is 1. The van der Waals surface area contributed by atoms with Crippen LogP contribution in [0.1, 0.15) is 44.1 Å². The zero-order valence-corrected chi connectivity index (χ0v) is 13.2. The summed E-state index contributed by atoms with van der Waals surface area (Å²) < 4.78 is 4.75. The number of carbonyl (C=O) groups excluding carboxylic acids is 1. The molecule has 1 aliphatic rings. The third-order valence-electron chi connectivity index (χ3n) is 3.67. The Kier molecular flexibility index (Phi) is 4.98. The minimum Gasteiger partial charge on any atom is -0.453 e. The van der Waals surface area contributed by atoms with Crippen molar-refractivity contribution in [1.29, 1.82) is 0 Å². The molecule has 0 saturated carbocycles. The summed E-state index contributed by atoms with van der Waals surface area (Å²) in [5, 5.41) is 3.46. The molecule has 1 aromatic heterocycles. The topological polar surface area (TPSA) is 67.3 Å². The first kappa shape index (κ1) is 15.5. The third kappa shape index (κ3) is 4.06. The number of aromatic nitrogens is 2. The van der Waals surface area contributed by atoms with Gasteiger partial charge in [-0.05, 0) is 19.8 Å². The molecule has 2 heterocycles. The van der Waals surface area contributed by atoms with Gasteiger partial charge in [0, 0.05) is 36.8 Å². The predicted octanol–water partition coefficient (Wildman–Crippen LogP) is 2.55. The number of ether oxygens (including phenoxy) is 1. The number of hydrogen-bond donors (Lipinski definition) is 1. The second-order valence-corrected chi connectivity index (χ2v) is 5.78. The predicted molar refractivity (Wildman–Crippen MR) is 81.5 cm³/mol. The van der Waals surface area contributed by atoms with Gasteiger partial charge in [0.25, 0.3) is 0 Å². The second kappa shape index (κ2) is 6.74. The SMILES string of the molecule is COC(=O)N1CCC(Nc2cc(C)nc(C(C)C)n2)CC1. The molecule has 1 aromatic rings. The first-order valence-electron chi connectivity index (χ1n) is 7.44. The summed E-state index contributed by atoms with van der Waals surface area (Å²) in [5.74, 6) is 2.05. The number of anilines is 1. The van der Waals surface area contributed by atoms with Crippen molar-refractivity contribution in [2.45, 2.75) is 45.6 Å². The van der Waals surface area contributed by atoms with Gasteiger partial charge in [-0.1, -0.05) is 13.8 Å². The van der Waals surface area contributed by atoms with Crippen LogP contribution in [0, 0.1) is 6.92 Å². The fourth-order valence-electron chi connectivity index (χ4n) is 2.47. The van der Waals surface area contributed by atoms with E-state index < -0.39 is 0 Å². The van der Waals surface area contributed by atoms with Crippen LogP contribution in [0.25, 0.3) is 0 Å². The first-order valence-corrected chi connectivity index (χ1v) is 7.44. The van der Waals surface area contributed by atoms with Gasteiger partial charge in [0.05, 0.1) is 7.11 Å². The molecule has 0 atom stereocenters. The summed E-state index contributed by atoms with van der Waals surface area (Å²) in [4.78, 5) is 22.2. The van der Waals surface area contributed by atoms with Crippen LogP contribution in [-0.2, 0) is 4.74 Å². The molecule has 1 fully saturated rings. The monoisotopic (exact) mass is 292 g/mol. The van der Waals surface area contributed by atoms with Crippen LogP contribution in [0.15, 0.2) is 6.07 Å². The zero-order chi connectivity index (χ0) is 15.4. The molecule has 6 heteroatoms. The number of nitrogens with zero attached hydrogens (tertiary/aromatic N) is 3. The number of nitrogens with one attached hydrogen (secondary N) is 1. The van der Waals surface area contributed by atoms with Crippen molar-refractivity contribution >= 4 is 11.9 Å². The molecule has 116 valence electrons. The molecule has 6 nitrogen and oxygen atoms in total.